The van der Waals surface area contributed by atoms with Gasteiger partial charge in [-0.05, 0) is 51.2 Å². The Morgan fingerprint density at radius 3 is 2.54 bits per heavy atom. The number of thiophene rings is 1. The number of rotatable bonds is 7. The standard InChI is InChI=1S/C28H22N4O2S/c29-27(34)24(20-4-2-1-3-5-20)13-22-15-30-28-25(22)14-23(16-31-28)32-26(33)12-18-6-8-19(9-7-18)21-10-11-35-17-21/h1-11,13-17H,12H2,(H2,29,34)(H,30,31)(H,32,33). The molecule has 0 atom stereocenters. The molecule has 0 radical (unpaired) electrons. The molecule has 5 aromatic rings. The molecule has 4 N–H and O–H groups in total. The Bertz CT molecular complexity index is 1520. The highest BCUT2D eigenvalue weighted by Gasteiger charge is 2.12. The normalized spacial score (nSPS) is 11.5. The summed E-state index contributed by atoms with van der Waals surface area (Å²) in [6, 6.07) is 21.2. The maximum Gasteiger partial charge on any atom is 0.249 e. The minimum Gasteiger partial charge on any atom is -0.366 e. The van der Waals surface area contributed by atoms with Crippen LogP contribution in [0, 0.1) is 0 Å². The van der Waals surface area contributed by atoms with Gasteiger partial charge in [0, 0.05) is 22.7 Å². The third-order valence-corrected chi connectivity index (χ3v) is 6.35. The van der Waals surface area contributed by atoms with Gasteiger partial charge in [-0.3, -0.25) is 9.59 Å². The topological polar surface area (TPSA) is 101 Å². The summed E-state index contributed by atoms with van der Waals surface area (Å²) in [4.78, 5) is 32.3. The molecular weight excluding hydrogens is 456 g/mol. The van der Waals surface area contributed by atoms with Crippen molar-refractivity contribution in [1.82, 2.24) is 9.97 Å². The maximum atomic E-state index is 12.7. The average Bonchev–Trinajstić information content (AvgIpc) is 3.54. The number of hydrogen-bond acceptors (Lipinski definition) is 4. The number of nitrogens with one attached hydrogen (secondary N) is 2. The molecule has 6 nitrogen and oxygen atoms in total. The molecule has 0 aliphatic rings. The number of fused-ring (bicyclic) bond motifs is 1. The molecule has 0 spiro atoms. The van der Waals surface area contributed by atoms with Crippen LogP contribution in [0.5, 0.6) is 0 Å². The summed E-state index contributed by atoms with van der Waals surface area (Å²) in [6.07, 6.45) is 5.36. The van der Waals surface area contributed by atoms with E-state index in [-0.39, 0.29) is 12.3 Å². The van der Waals surface area contributed by atoms with Crippen molar-refractivity contribution in [3.63, 3.8) is 0 Å². The molecule has 3 aromatic heterocycles. The molecule has 2 aromatic carbocycles. The number of pyridine rings is 1. The number of aromatic nitrogens is 2. The minimum atomic E-state index is -0.520. The lowest BCUT2D eigenvalue weighted by atomic mass is 10.0. The smallest absolute Gasteiger partial charge is 0.249 e. The Balaban J connectivity index is 1.35. The molecular formula is C28H22N4O2S. The summed E-state index contributed by atoms with van der Waals surface area (Å²) >= 11 is 1.66. The number of primary amides is 1. The molecule has 0 saturated heterocycles. The van der Waals surface area contributed by atoms with Gasteiger partial charge in [-0.25, -0.2) is 4.98 Å². The van der Waals surface area contributed by atoms with Crippen molar-refractivity contribution in [3.8, 4) is 11.1 Å². The predicted octanol–water partition coefficient (Wildman–Crippen LogP) is 5.50. The Labute approximate surface area is 206 Å². The molecule has 0 saturated carbocycles. The van der Waals surface area contributed by atoms with Crippen LogP contribution in [0.2, 0.25) is 0 Å². The summed E-state index contributed by atoms with van der Waals surface area (Å²) in [7, 11) is 0. The summed E-state index contributed by atoms with van der Waals surface area (Å²) < 4.78 is 0. The Morgan fingerprint density at radius 2 is 1.83 bits per heavy atom. The number of aromatic amines is 1. The van der Waals surface area contributed by atoms with Gasteiger partial charge >= 0.3 is 0 Å². The molecule has 0 unspecified atom stereocenters. The number of nitrogens with two attached hydrogens (primary N) is 1. The van der Waals surface area contributed by atoms with E-state index < -0.39 is 5.91 Å². The number of hydrogen-bond donors (Lipinski definition) is 3. The zero-order valence-electron chi connectivity index (χ0n) is 18.7. The van der Waals surface area contributed by atoms with Gasteiger partial charge in [0.2, 0.25) is 11.8 Å². The fourth-order valence-corrected chi connectivity index (χ4v) is 4.58. The molecule has 0 bridgehead atoms. The molecule has 7 heteroatoms. The predicted molar refractivity (Wildman–Crippen MR) is 142 cm³/mol. The highest BCUT2D eigenvalue weighted by molar-refractivity contribution is 7.08. The zero-order chi connectivity index (χ0) is 24.2. The van der Waals surface area contributed by atoms with Crippen LogP contribution in [-0.2, 0) is 16.0 Å². The highest BCUT2D eigenvalue weighted by atomic mass is 32.1. The first-order valence-electron chi connectivity index (χ1n) is 11.0. The van der Waals surface area contributed by atoms with E-state index in [0.29, 0.717) is 16.9 Å². The molecule has 172 valence electrons. The quantitative estimate of drug-likeness (QED) is 0.269. The first-order valence-corrected chi connectivity index (χ1v) is 12.0. The third-order valence-electron chi connectivity index (χ3n) is 5.67. The molecule has 0 fully saturated rings. The molecule has 3 heterocycles. The van der Waals surface area contributed by atoms with Crippen molar-refractivity contribution in [2.24, 2.45) is 5.73 Å². The lowest BCUT2D eigenvalue weighted by Gasteiger charge is -2.07. The lowest BCUT2D eigenvalue weighted by molar-refractivity contribution is -0.115. The van der Waals surface area contributed by atoms with Crippen LogP contribution in [0.4, 0.5) is 5.69 Å². The number of carbonyl (C=O) groups excluding carboxylic acids is 2. The summed E-state index contributed by atoms with van der Waals surface area (Å²) in [5, 5.41) is 7.84. The van der Waals surface area contributed by atoms with Gasteiger partial charge in [0.1, 0.15) is 5.65 Å². The summed E-state index contributed by atoms with van der Waals surface area (Å²) in [5.41, 5.74) is 12.0. The molecule has 0 aliphatic carbocycles. The van der Waals surface area contributed by atoms with Gasteiger partial charge in [-0.15, -0.1) is 0 Å². The van der Waals surface area contributed by atoms with Crippen LogP contribution in [-0.4, -0.2) is 21.8 Å². The van der Waals surface area contributed by atoms with Crippen LogP contribution < -0.4 is 11.1 Å². The SMILES string of the molecule is NC(=O)C(=Cc1c[nH]c2ncc(NC(=O)Cc3ccc(-c4ccsc4)cc3)cc12)c1ccccc1. The van der Waals surface area contributed by atoms with Gasteiger partial charge in [-0.1, -0.05) is 54.6 Å². The van der Waals surface area contributed by atoms with Gasteiger partial charge in [-0.2, -0.15) is 11.3 Å². The van der Waals surface area contributed by atoms with Crippen molar-refractivity contribution >= 4 is 51.5 Å². The van der Waals surface area contributed by atoms with E-state index in [2.05, 4.69) is 26.7 Å². The second-order valence-electron chi connectivity index (χ2n) is 8.09. The first-order chi connectivity index (χ1) is 17.1. The monoisotopic (exact) mass is 478 g/mol. The fourth-order valence-electron chi connectivity index (χ4n) is 3.92. The van der Waals surface area contributed by atoms with Crippen LogP contribution in [0.25, 0.3) is 33.8 Å². The fraction of sp³-hybridized carbons (Fsp3) is 0.0357. The number of benzene rings is 2. The van der Waals surface area contributed by atoms with E-state index in [4.69, 9.17) is 5.73 Å². The van der Waals surface area contributed by atoms with Crippen LogP contribution in [0.15, 0.2) is 89.9 Å². The zero-order valence-corrected chi connectivity index (χ0v) is 19.5. The maximum absolute atomic E-state index is 12.7. The number of H-pyrrole nitrogens is 1. The first kappa shape index (κ1) is 22.3. The van der Waals surface area contributed by atoms with E-state index in [9.17, 15) is 9.59 Å². The summed E-state index contributed by atoms with van der Waals surface area (Å²) in [6.45, 7) is 0. The van der Waals surface area contributed by atoms with Crippen molar-refractivity contribution in [3.05, 3.63) is 107 Å². The van der Waals surface area contributed by atoms with Crippen LogP contribution >= 0.6 is 11.3 Å². The highest BCUT2D eigenvalue weighted by Crippen LogP contribution is 2.26. The number of nitrogens with zero attached hydrogens (tertiary/aromatic N) is 1. The Kier molecular flexibility index (Phi) is 6.24. The number of amides is 2. The van der Waals surface area contributed by atoms with Crippen LogP contribution in [0.1, 0.15) is 16.7 Å². The van der Waals surface area contributed by atoms with Crippen molar-refractivity contribution in [2.75, 3.05) is 5.32 Å². The van der Waals surface area contributed by atoms with E-state index in [0.717, 1.165) is 27.6 Å². The third kappa shape index (κ3) is 5.05. The second-order valence-corrected chi connectivity index (χ2v) is 8.87. The van der Waals surface area contributed by atoms with E-state index in [1.807, 2.05) is 66.0 Å². The van der Waals surface area contributed by atoms with E-state index in [1.165, 1.54) is 5.56 Å². The van der Waals surface area contributed by atoms with Gasteiger partial charge in [0.25, 0.3) is 0 Å². The van der Waals surface area contributed by atoms with Crippen molar-refractivity contribution < 1.29 is 9.59 Å². The largest absolute Gasteiger partial charge is 0.366 e. The Morgan fingerprint density at radius 1 is 1.03 bits per heavy atom. The van der Waals surface area contributed by atoms with Crippen LogP contribution in [0.3, 0.4) is 0 Å². The number of anilines is 1. The van der Waals surface area contributed by atoms with E-state index in [1.54, 1.807) is 29.8 Å². The second kappa shape index (κ2) is 9.79. The average molecular weight is 479 g/mol. The van der Waals surface area contributed by atoms with E-state index >= 15 is 0 Å². The minimum absolute atomic E-state index is 0.135. The van der Waals surface area contributed by atoms with Crippen molar-refractivity contribution in [1.29, 1.82) is 0 Å². The molecule has 0 aliphatic heterocycles. The summed E-state index contributed by atoms with van der Waals surface area (Å²) in [5.74, 6) is -0.655. The molecule has 2 amide bonds. The lowest BCUT2D eigenvalue weighted by Crippen LogP contribution is -2.14. The Hall–Kier alpha value is -4.49. The van der Waals surface area contributed by atoms with Gasteiger partial charge in [0.15, 0.2) is 0 Å². The molecule has 5 rings (SSSR count). The molecule has 35 heavy (non-hydrogen) atoms. The number of carbonyl (C=O) groups is 2. The van der Waals surface area contributed by atoms with Gasteiger partial charge < -0.3 is 16.0 Å². The van der Waals surface area contributed by atoms with Crippen molar-refractivity contribution in [2.45, 2.75) is 6.42 Å². The van der Waals surface area contributed by atoms with Gasteiger partial charge in [0.05, 0.1) is 18.3 Å².